The molecule has 1 saturated carbocycles. The number of methoxy groups -OCH3 is 2. The van der Waals surface area contributed by atoms with E-state index >= 15 is 0 Å². The second-order valence-electron chi connectivity index (χ2n) is 13.0. The summed E-state index contributed by atoms with van der Waals surface area (Å²) >= 11 is 0. The number of hydrogen-bond acceptors (Lipinski definition) is 8. The van der Waals surface area contributed by atoms with Crippen LogP contribution in [0.25, 0.3) is 0 Å². The summed E-state index contributed by atoms with van der Waals surface area (Å²) in [6.07, 6.45) is 18.2. The van der Waals surface area contributed by atoms with E-state index in [1.54, 1.807) is 14.2 Å². The van der Waals surface area contributed by atoms with Crippen LogP contribution in [0.15, 0.2) is 60.2 Å². The van der Waals surface area contributed by atoms with Crippen LogP contribution in [0.5, 0.6) is 5.75 Å². The number of ketones is 2. The maximum Gasteiger partial charge on any atom is 0.195 e. The van der Waals surface area contributed by atoms with E-state index in [0.717, 1.165) is 55.4 Å². The monoisotopic (exact) mass is 652 g/mol. The highest BCUT2D eigenvalue weighted by Crippen LogP contribution is 2.46. The van der Waals surface area contributed by atoms with E-state index in [9.17, 15) is 9.59 Å². The zero-order valence-electron chi connectivity index (χ0n) is 29.0. The van der Waals surface area contributed by atoms with Gasteiger partial charge in [-0.05, 0) is 87.5 Å². The van der Waals surface area contributed by atoms with E-state index in [1.165, 1.54) is 0 Å². The Morgan fingerprint density at radius 3 is 2.43 bits per heavy atom. The van der Waals surface area contributed by atoms with Crippen molar-refractivity contribution in [2.24, 2.45) is 23.7 Å². The second-order valence-corrected chi connectivity index (χ2v) is 13.0. The SMILES string of the molecule is C/C=C/CCCCCC1C=C2C(=O)C(C(=O)CC[C@H]2COCc2ccc(OC)cc2)C1CC(OCOC)C1(CC/C=C/C)OCCO1. The van der Waals surface area contributed by atoms with Crippen molar-refractivity contribution in [3.05, 3.63) is 65.8 Å². The van der Waals surface area contributed by atoms with Crippen LogP contribution in [0.2, 0.25) is 0 Å². The number of allylic oxidation sites excluding steroid dienone is 5. The van der Waals surface area contributed by atoms with Crippen LogP contribution >= 0.6 is 0 Å². The molecule has 0 aromatic heterocycles. The molecule has 2 fully saturated rings. The van der Waals surface area contributed by atoms with Crippen LogP contribution in [0.4, 0.5) is 0 Å². The van der Waals surface area contributed by atoms with Crippen molar-refractivity contribution in [1.82, 2.24) is 0 Å². The standard InChI is InChI=1S/C39H56O8/c1-5-7-9-10-11-12-14-30-24-34-31(27-44-26-29-15-18-32(43-4)19-16-29)17-20-35(40)37(38(34)41)33(30)25-36(45-28-42-3)39(21-13-8-6-2)46-22-23-47-39/h5-8,15-16,18-19,24,30-31,33,36-37H,9-14,17,20-23,25-28H2,1-4H3/b7-5+,8-6+/t30?,31-,33?,36?,37?/m0/s1. The normalized spacial score (nSPS) is 25.0. The van der Waals surface area contributed by atoms with Gasteiger partial charge in [-0.2, -0.15) is 0 Å². The van der Waals surface area contributed by atoms with Crippen molar-refractivity contribution in [3.8, 4) is 5.75 Å². The van der Waals surface area contributed by atoms with Gasteiger partial charge in [0.05, 0.1) is 39.5 Å². The first-order valence-corrected chi connectivity index (χ1v) is 17.6. The highest BCUT2D eigenvalue weighted by atomic mass is 16.8. The van der Waals surface area contributed by atoms with E-state index in [-0.39, 0.29) is 36.1 Å². The molecule has 3 aliphatic rings. The van der Waals surface area contributed by atoms with Crippen LogP contribution in [-0.4, -0.2) is 64.3 Å². The molecule has 0 radical (unpaired) electrons. The van der Waals surface area contributed by atoms with Crippen LogP contribution in [0.3, 0.4) is 0 Å². The Balaban J connectivity index is 1.58. The molecule has 0 amide bonds. The molecule has 47 heavy (non-hydrogen) atoms. The molecule has 1 aromatic carbocycles. The number of carbonyl (C=O) groups is 2. The average Bonchev–Trinajstić information content (AvgIpc) is 3.54. The number of ether oxygens (including phenoxy) is 6. The summed E-state index contributed by atoms with van der Waals surface area (Å²) in [5, 5.41) is 0. The fourth-order valence-electron chi connectivity index (χ4n) is 7.40. The first-order valence-electron chi connectivity index (χ1n) is 17.6. The fourth-order valence-corrected chi connectivity index (χ4v) is 7.40. The summed E-state index contributed by atoms with van der Waals surface area (Å²) in [4.78, 5) is 28.2. The van der Waals surface area contributed by atoms with Crippen molar-refractivity contribution in [3.63, 3.8) is 0 Å². The van der Waals surface area contributed by atoms with Gasteiger partial charge < -0.3 is 28.4 Å². The summed E-state index contributed by atoms with van der Waals surface area (Å²) in [5.74, 6) is -1.12. The first kappa shape index (κ1) is 37.2. The molecule has 0 N–H and O–H groups in total. The summed E-state index contributed by atoms with van der Waals surface area (Å²) in [6, 6.07) is 7.80. The molecule has 1 saturated heterocycles. The molecular formula is C39H56O8. The summed E-state index contributed by atoms with van der Waals surface area (Å²) in [7, 11) is 3.25. The number of hydrogen-bond donors (Lipinski definition) is 0. The molecule has 1 aromatic rings. The van der Waals surface area contributed by atoms with Crippen molar-refractivity contribution in [2.45, 2.75) is 96.6 Å². The topological polar surface area (TPSA) is 89.5 Å². The Bertz CT molecular complexity index is 1200. The van der Waals surface area contributed by atoms with Gasteiger partial charge in [-0.25, -0.2) is 0 Å². The minimum absolute atomic E-state index is 0.0306. The van der Waals surface area contributed by atoms with Crippen LogP contribution in [0, 0.1) is 23.7 Å². The van der Waals surface area contributed by atoms with Gasteiger partial charge in [0.15, 0.2) is 11.6 Å². The third-order valence-electron chi connectivity index (χ3n) is 9.89. The lowest BCUT2D eigenvalue weighted by molar-refractivity contribution is -0.258. The van der Waals surface area contributed by atoms with Crippen LogP contribution in [-0.2, 0) is 39.9 Å². The highest BCUT2D eigenvalue weighted by Gasteiger charge is 2.51. The lowest BCUT2D eigenvalue weighted by Crippen LogP contribution is -2.49. The molecule has 8 heteroatoms. The van der Waals surface area contributed by atoms with Gasteiger partial charge in [0.2, 0.25) is 0 Å². The maximum absolute atomic E-state index is 14.3. The smallest absolute Gasteiger partial charge is 0.195 e. The minimum atomic E-state index is -0.951. The third kappa shape index (κ3) is 10.2. The minimum Gasteiger partial charge on any atom is -0.497 e. The number of fused-ring (bicyclic) bond motifs is 2. The molecular weight excluding hydrogens is 596 g/mol. The van der Waals surface area contributed by atoms with E-state index in [1.807, 2.05) is 37.3 Å². The lowest BCUT2D eigenvalue weighted by Gasteiger charge is -2.41. The Morgan fingerprint density at radius 1 is 0.979 bits per heavy atom. The number of benzene rings is 1. The maximum atomic E-state index is 14.3. The predicted octanol–water partition coefficient (Wildman–Crippen LogP) is 7.55. The quantitative estimate of drug-likeness (QED) is 0.0618. The summed E-state index contributed by atoms with van der Waals surface area (Å²) in [5.41, 5.74) is 1.81. The Hall–Kier alpha value is -2.62. The molecule has 5 atom stereocenters. The summed E-state index contributed by atoms with van der Waals surface area (Å²) in [6.45, 7) is 5.92. The summed E-state index contributed by atoms with van der Waals surface area (Å²) < 4.78 is 35.7. The number of rotatable bonds is 20. The number of Topliss-reactive ketones (excluding diaryl/α,β-unsaturated/α-hetero) is 2. The molecule has 8 nitrogen and oxygen atoms in total. The largest absolute Gasteiger partial charge is 0.497 e. The molecule has 2 bridgehead atoms. The molecule has 260 valence electrons. The first-order chi connectivity index (χ1) is 23.0. The predicted molar refractivity (Wildman–Crippen MR) is 182 cm³/mol. The molecule has 1 aliphatic heterocycles. The number of carbonyl (C=O) groups excluding carboxylic acids is 2. The van der Waals surface area contributed by atoms with E-state index < -0.39 is 17.8 Å². The third-order valence-corrected chi connectivity index (χ3v) is 9.89. The van der Waals surface area contributed by atoms with Gasteiger partial charge in [-0.3, -0.25) is 9.59 Å². The van der Waals surface area contributed by atoms with Gasteiger partial charge in [-0.1, -0.05) is 55.4 Å². The van der Waals surface area contributed by atoms with Crippen LogP contribution < -0.4 is 4.74 Å². The Labute approximate surface area is 281 Å². The molecule has 0 spiro atoms. The Morgan fingerprint density at radius 2 is 1.72 bits per heavy atom. The van der Waals surface area contributed by atoms with Crippen molar-refractivity contribution >= 4 is 11.6 Å². The van der Waals surface area contributed by atoms with Crippen LogP contribution in [0.1, 0.15) is 83.6 Å². The molecule has 4 rings (SSSR count). The fraction of sp³-hybridized carbons (Fsp3) is 0.641. The van der Waals surface area contributed by atoms with Gasteiger partial charge in [0.1, 0.15) is 24.4 Å². The average molecular weight is 653 g/mol. The molecule has 1 heterocycles. The van der Waals surface area contributed by atoms with Gasteiger partial charge in [0, 0.05) is 25.9 Å². The molecule has 4 unspecified atom stereocenters. The van der Waals surface area contributed by atoms with Gasteiger partial charge in [-0.15, -0.1) is 0 Å². The van der Waals surface area contributed by atoms with Crippen molar-refractivity contribution in [1.29, 1.82) is 0 Å². The van der Waals surface area contributed by atoms with E-state index in [2.05, 4.69) is 31.2 Å². The van der Waals surface area contributed by atoms with Gasteiger partial charge >= 0.3 is 0 Å². The second kappa shape index (κ2) is 19.4. The van der Waals surface area contributed by atoms with E-state index in [0.29, 0.717) is 52.1 Å². The Kier molecular flexibility index (Phi) is 15.4. The zero-order valence-corrected chi connectivity index (χ0v) is 29.0. The van der Waals surface area contributed by atoms with Gasteiger partial charge in [0.25, 0.3) is 0 Å². The van der Waals surface area contributed by atoms with E-state index in [4.69, 9.17) is 28.4 Å². The highest BCUT2D eigenvalue weighted by molar-refractivity contribution is 6.12. The van der Waals surface area contributed by atoms with Crippen molar-refractivity contribution < 1.29 is 38.0 Å². The lowest BCUT2D eigenvalue weighted by atomic mass is 9.66. The zero-order chi connectivity index (χ0) is 33.5. The molecule has 2 aliphatic carbocycles. The van der Waals surface area contributed by atoms with Crippen molar-refractivity contribution in [2.75, 3.05) is 40.8 Å². The number of unbranched alkanes of at least 4 members (excludes halogenated alkanes) is 3.